The van der Waals surface area contributed by atoms with Crippen molar-refractivity contribution in [2.75, 3.05) is 19.4 Å². The van der Waals surface area contributed by atoms with Gasteiger partial charge in [0.15, 0.2) is 0 Å². The molecular formula is C11H15Cl2NO3S. The molecule has 1 aromatic carbocycles. The zero-order valence-corrected chi connectivity index (χ0v) is 12.3. The molecule has 0 aliphatic heterocycles. The van der Waals surface area contributed by atoms with Crippen LogP contribution >= 0.6 is 23.2 Å². The predicted octanol–water partition coefficient (Wildman–Crippen LogP) is 2.14. The van der Waals surface area contributed by atoms with Gasteiger partial charge >= 0.3 is 0 Å². The van der Waals surface area contributed by atoms with Gasteiger partial charge in [0, 0.05) is 19.7 Å². The molecule has 0 aliphatic rings. The second kappa shape index (κ2) is 6.73. The van der Waals surface area contributed by atoms with Gasteiger partial charge in [-0.1, -0.05) is 29.3 Å². The van der Waals surface area contributed by atoms with E-state index >= 15 is 0 Å². The number of sulfonamides is 1. The minimum atomic E-state index is -3.31. The first-order chi connectivity index (χ1) is 8.34. The molecule has 0 saturated heterocycles. The summed E-state index contributed by atoms with van der Waals surface area (Å²) in [6.45, 7) is 0.443. The van der Waals surface area contributed by atoms with Gasteiger partial charge in [0.05, 0.1) is 16.3 Å². The average Bonchev–Trinajstić information content (AvgIpc) is 2.27. The van der Waals surface area contributed by atoms with Gasteiger partial charge in [0.2, 0.25) is 10.0 Å². The van der Waals surface area contributed by atoms with Crippen molar-refractivity contribution in [2.45, 2.75) is 13.0 Å². The minimum Gasteiger partial charge on any atom is -0.396 e. The number of hydrogen-bond donors (Lipinski definition) is 1. The fourth-order valence-corrected chi connectivity index (χ4v) is 2.62. The molecule has 0 saturated carbocycles. The lowest BCUT2D eigenvalue weighted by molar-refractivity contribution is 0.268. The summed E-state index contributed by atoms with van der Waals surface area (Å²) < 4.78 is 24.5. The summed E-state index contributed by atoms with van der Waals surface area (Å²) in [5.74, 6) is 0. The van der Waals surface area contributed by atoms with Crippen molar-refractivity contribution in [3.05, 3.63) is 33.8 Å². The fraction of sp³-hybridized carbons (Fsp3) is 0.455. The van der Waals surface area contributed by atoms with Gasteiger partial charge in [-0.15, -0.1) is 0 Å². The van der Waals surface area contributed by atoms with E-state index in [0.29, 0.717) is 16.5 Å². The third kappa shape index (κ3) is 4.74. The second-order valence-corrected chi connectivity index (χ2v) is 6.72. The van der Waals surface area contributed by atoms with Crippen molar-refractivity contribution < 1.29 is 13.5 Å². The second-order valence-electron chi connectivity index (χ2n) is 3.92. The molecule has 102 valence electrons. The summed E-state index contributed by atoms with van der Waals surface area (Å²) in [6, 6.07) is 5.00. The lowest BCUT2D eigenvalue weighted by Gasteiger charge is -2.19. The van der Waals surface area contributed by atoms with Gasteiger partial charge < -0.3 is 5.11 Å². The molecule has 0 bridgehead atoms. The molecule has 0 aromatic heterocycles. The van der Waals surface area contributed by atoms with Gasteiger partial charge in [-0.05, 0) is 24.1 Å². The van der Waals surface area contributed by atoms with Crippen LogP contribution in [0.3, 0.4) is 0 Å². The topological polar surface area (TPSA) is 57.6 Å². The van der Waals surface area contributed by atoms with Gasteiger partial charge in [-0.25, -0.2) is 8.42 Å². The smallest absolute Gasteiger partial charge is 0.211 e. The SMILES string of the molecule is CS(=O)(=O)N(CCCO)Cc1ccc(Cl)c(Cl)c1. The Morgan fingerprint density at radius 2 is 1.94 bits per heavy atom. The Bertz CT molecular complexity index is 505. The van der Waals surface area contributed by atoms with Crippen molar-refractivity contribution in [1.82, 2.24) is 4.31 Å². The first kappa shape index (κ1) is 15.7. The Labute approximate surface area is 117 Å². The summed E-state index contributed by atoms with van der Waals surface area (Å²) in [5, 5.41) is 9.59. The monoisotopic (exact) mass is 311 g/mol. The molecule has 4 nitrogen and oxygen atoms in total. The molecule has 0 radical (unpaired) electrons. The van der Waals surface area contributed by atoms with E-state index in [0.717, 1.165) is 11.8 Å². The molecule has 7 heteroatoms. The maximum atomic E-state index is 11.6. The highest BCUT2D eigenvalue weighted by Crippen LogP contribution is 2.23. The molecule has 0 unspecified atom stereocenters. The molecule has 0 heterocycles. The minimum absolute atomic E-state index is 0.0482. The lowest BCUT2D eigenvalue weighted by atomic mass is 10.2. The van der Waals surface area contributed by atoms with Gasteiger partial charge in [-0.2, -0.15) is 4.31 Å². The van der Waals surface area contributed by atoms with Crippen LogP contribution in [0.25, 0.3) is 0 Å². The van der Waals surface area contributed by atoms with Crippen LogP contribution in [0.4, 0.5) is 0 Å². The zero-order valence-electron chi connectivity index (χ0n) is 9.94. The van der Waals surface area contributed by atoms with Crippen LogP contribution in [-0.4, -0.2) is 37.2 Å². The highest BCUT2D eigenvalue weighted by molar-refractivity contribution is 7.88. The van der Waals surface area contributed by atoms with Crippen LogP contribution in [0.15, 0.2) is 18.2 Å². The highest BCUT2D eigenvalue weighted by atomic mass is 35.5. The quantitative estimate of drug-likeness (QED) is 0.875. The predicted molar refractivity (Wildman–Crippen MR) is 73.4 cm³/mol. The van der Waals surface area contributed by atoms with E-state index in [1.54, 1.807) is 18.2 Å². The van der Waals surface area contributed by atoms with Gasteiger partial charge in [0.25, 0.3) is 0 Å². The van der Waals surface area contributed by atoms with Crippen LogP contribution in [0.2, 0.25) is 10.0 Å². The van der Waals surface area contributed by atoms with E-state index in [1.165, 1.54) is 4.31 Å². The van der Waals surface area contributed by atoms with E-state index in [-0.39, 0.29) is 19.7 Å². The Balaban J connectivity index is 2.85. The molecule has 0 amide bonds. The Hall–Kier alpha value is -0.330. The highest BCUT2D eigenvalue weighted by Gasteiger charge is 2.16. The van der Waals surface area contributed by atoms with Gasteiger partial charge in [0.1, 0.15) is 0 Å². The number of aliphatic hydroxyl groups is 1. The van der Waals surface area contributed by atoms with Gasteiger partial charge in [-0.3, -0.25) is 0 Å². The van der Waals surface area contributed by atoms with Crippen LogP contribution in [0.1, 0.15) is 12.0 Å². The average molecular weight is 312 g/mol. The van der Waals surface area contributed by atoms with Crippen molar-refractivity contribution in [2.24, 2.45) is 0 Å². The lowest BCUT2D eigenvalue weighted by Crippen LogP contribution is -2.31. The Morgan fingerprint density at radius 3 is 2.44 bits per heavy atom. The third-order valence-electron chi connectivity index (χ3n) is 2.38. The Morgan fingerprint density at radius 1 is 1.28 bits per heavy atom. The van der Waals surface area contributed by atoms with Crippen LogP contribution in [0, 0.1) is 0 Å². The van der Waals surface area contributed by atoms with E-state index in [4.69, 9.17) is 28.3 Å². The number of aliphatic hydroxyl groups excluding tert-OH is 1. The molecule has 0 aliphatic carbocycles. The fourth-order valence-electron chi connectivity index (χ4n) is 1.45. The van der Waals surface area contributed by atoms with Crippen LogP contribution in [0.5, 0.6) is 0 Å². The first-order valence-electron chi connectivity index (χ1n) is 5.34. The standard InChI is InChI=1S/C11H15Cl2NO3S/c1-18(16,17)14(5-2-6-15)8-9-3-4-10(12)11(13)7-9/h3-4,7,15H,2,5-6,8H2,1H3. The Kier molecular flexibility index (Phi) is 5.88. The molecule has 1 rings (SSSR count). The van der Waals surface area contributed by atoms with E-state index in [1.807, 2.05) is 0 Å². The molecule has 0 spiro atoms. The van der Waals surface area contributed by atoms with Crippen molar-refractivity contribution >= 4 is 33.2 Å². The zero-order chi connectivity index (χ0) is 13.8. The number of halogens is 2. The van der Waals surface area contributed by atoms with Crippen LogP contribution in [-0.2, 0) is 16.6 Å². The molecule has 0 atom stereocenters. The summed E-state index contributed by atoms with van der Waals surface area (Å²) >= 11 is 11.7. The number of nitrogens with zero attached hydrogens (tertiary/aromatic N) is 1. The van der Waals surface area contributed by atoms with Crippen molar-refractivity contribution in [3.8, 4) is 0 Å². The number of hydrogen-bond acceptors (Lipinski definition) is 3. The van der Waals surface area contributed by atoms with Crippen molar-refractivity contribution in [3.63, 3.8) is 0 Å². The number of benzene rings is 1. The van der Waals surface area contributed by atoms with Crippen LogP contribution < -0.4 is 0 Å². The summed E-state index contributed by atoms with van der Waals surface area (Å²) in [7, 11) is -3.31. The van der Waals surface area contributed by atoms with E-state index in [2.05, 4.69) is 0 Å². The molecule has 1 N–H and O–H groups in total. The van der Waals surface area contributed by atoms with Crippen molar-refractivity contribution in [1.29, 1.82) is 0 Å². The molecular weight excluding hydrogens is 297 g/mol. The summed E-state index contributed by atoms with van der Waals surface area (Å²) in [4.78, 5) is 0. The molecule has 0 fully saturated rings. The largest absolute Gasteiger partial charge is 0.396 e. The molecule has 1 aromatic rings. The maximum Gasteiger partial charge on any atom is 0.211 e. The first-order valence-corrected chi connectivity index (χ1v) is 7.95. The molecule has 18 heavy (non-hydrogen) atoms. The summed E-state index contributed by atoms with van der Waals surface area (Å²) in [5.41, 5.74) is 0.757. The number of rotatable bonds is 6. The van der Waals surface area contributed by atoms with E-state index in [9.17, 15) is 8.42 Å². The summed E-state index contributed by atoms with van der Waals surface area (Å²) in [6.07, 6.45) is 1.54. The van der Waals surface area contributed by atoms with E-state index < -0.39 is 10.0 Å². The normalized spacial score (nSPS) is 12.1. The maximum absolute atomic E-state index is 11.6. The third-order valence-corrected chi connectivity index (χ3v) is 4.37.